The topological polar surface area (TPSA) is 61.3 Å². The van der Waals surface area contributed by atoms with Crippen LogP contribution in [0.3, 0.4) is 0 Å². The molecule has 0 saturated heterocycles. The number of aromatic nitrogens is 2. The predicted octanol–water partition coefficient (Wildman–Crippen LogP) is 1.49. The smallest absolute Gasteiger partial charge is 0.224 e. The fourth-order valence-corrected chi connectivity index (χ4v) is 1.86. The molecule has 0 aliphatic rings. The maximum atomic E-state index is 9.03. The highest BCUT2D eigenvalue weighted by Gasteiger charge is 2.11. The van der Waals surface area contributed by atoms with Gasteiger partial charge in [0.2, 0.25) is 5.95 Å². The molecule has 0 aliphatic heterocycles. The predicted molar refractivity (Wildman–Crippen MR) is 68.9 cm³/mol. The Morgan fingerprint density at radius 1 is 1.50 bits per heavy atom. The lowest BCUT2D eigenvalue weighted by atomic mass is 10.4. The molecule has 0 amide bonds. The number of hydrogen-bond acceptors (Lipinski definition) is 5. The molecule has 0 saturated carbocycles. The van der Waals surface area contributed by atoms with E-state index in [4.69, 9.17) is 5.11 Å². The van der Waals surface area contributed by atoms with Gasteiger partial charge in [0, 0.05) is 26.3 Å². The summed E-state index contributed by atoms with van der Waals surface area (Å²) in [5.74, 6) is 1.40. The average Bonchev–Trinajstić information content (AvgIpc) is 2.29. The van der Waals surface area contributed by atoms with Crippen molar-refractivity contribution >= 4 is 27.7 Å². The van der Waals surface area contributed by atoms with E-state index in [0.717, 1.165) is 23.3 Å². The number of halogens is 1. The van der Waals surface area contributed by atoms with E-state index in [0.29, 0.717) is 12.5 Å². The molecule has 0 aromatic carbocycles. The second-order valence-electron chi connectivity index (χ2n) is 3.33. The fourth-order valence-electron chi connectivity index (χ4n) is 1.41. The van der Waals surface area contributed by atoms with Gasteiger partial charge in [-0.2, -0.15) is 4.98 Å². The van der Waals surface area contributed by atoms with Gasteiger partial charge in [-0.1, -0.05) is 6.92 Å². The zero-order chi connectivity index (χ0) is 12.0. The third-order valence-electron chi connectivity index (χ3n) is 2.11. The molecule has 0 aliphatic carbocycles. The van der Waals surface area contributed by atoms with E-state index in [2.05, 4.69) is 38.1 Å². The van der Waals surface area contributed by atoms with E-state index in [1.807, 2.05) is 4.90 Å². The Morgan fingerprint density at radius 2 is 2.25 bits per heavy atom. The first kappa shape index (κ1) is 13.2. The molecule has 16 heavy (non-hydrogen) atoms. The summed E-state index contributed by atoms with van der Waals surface area (Å²) in [5, 5.41) is 11.9. The van der Waals surface area contributed by atoms with Crippen molar-refractivity contribution in [1.82, 2.24) is 9.97 Å². The van der Waals surface area contributed by atoms with Crippen LogP contribution in [0, 0.1) is 0 Å². The van der Waals surface area contributed by atoms with E-state index in [-0.39, 0.29) is 6.61 Å². The highest BCUT2D eigenvalue weighted by atomic mass is 79.9. The summed E-state index contributed by atoms with van der Waals surface area (Å²) in [4.78, 5) is 10.5. The van der Waals surface area contributed by atoms with Crippen LogP contribution in [0.4, 0.5) is 11.8 Å². The van der Waals surface area contributed by atoms with Crippen LogP contribution in [0.25, 0.3) is 0 Å². The zero-order valence-electron chi connectivity index (χ0n) is 9.57. The Morgan fingerprint density at radius 3 is 2.81 bits per heavy atom. The number of nitrogens with zero attached hydrogens (tertiary/aromatic N) is 3. The molecule has 0 radical (unpaired) electrons. The van der Waals surface area contributed by atoms with E-state index in [1.165, 1.54) is 0 Å². The molecule has 1 aromatic heterocycles. The van der Waals surface area contributed by atoms with Crippen LogP contribution in [0.1, 0.15) is 13.3 Å². The van der Waals surface area contributed by atoms with Crippen molar-refractivity contribution in [2.45, 2.75) is 13.3 Å². The van der Waals surface area contributed by atoms with Crippen LogP contribution in [-0.4, -0.2) is 41.8 Å². The third-order valence-corrected chi connectivity index (χ3v) is 2.67. The van der Waals surface area contributed by atoms with Crippen molar-refractivity contribution in [3.8, 4) is 0 Å². The third kappa shape index (κ3) is 3.31. The van der Waals surface area contributed by atoms with E-state index < -0.39 is 0 Å². The van der Waals surface area contributed by atoms with Gasteiger partial charge in [0.1, 0.15) is 5.82 Å². The Kier molecular flexibility index (Phi) is 5.48. The average molecular weight is 289 g/mol. The maximum Gasteiger partial charge on any atom is 0.224 e. The molecular weight excluding hydrogens is 272 g/mol. The first-order chi connectivity index (χ1) is 7.72. The number of aliphatic hydroxyl groups excluding tert-OH is 1. The van der Waals surface area contributed by atoms with Gasteiger partial charge in [0.15, 0.2) is 0 Å². The monoisotopic (exact) mass is 288 g/mol. The minimum atomic E-state index is 0.116. The van der Waals surface area contributed by atoms with Gasteiger partial charge < -0.3 is 15.3 Å². The number of nitrogens with one attached hydrogen (secondary N) is 1. The van der Waals surface area contributed by atoms with Gasteiger partial charge in [-0.3, -0.25) is 0 Å². The van der Waals surface area contributed by atoms with E-state index in [9.17, 15) is 0 Å². The van der Waals surface area contributed by atoms with Crippen molar-refractivity contribution in [1.29, 1.82) is 0 Å². The molecule has 0 fully saturated rings. The Labute approximate surface area is 104 Å². The summed E-state index contributed by atoms with van der Waals surface area (Å²) in [5.41, 5.74) is 0. The number of rotatable bonds is 6. The molecule has 0 atom stereocenters. The Balaban J connectivity index is 2.96. The summed E-state index contributed by atoms with van der Waals surface area (Å²) < 4.78 is 0.841. The van der Waals surface area contributed by atoms with Gasteiger partial charge in [0.25, 0.3) is 0 Å². The molecule has 0 spiro atoms. The second-order valence-corrected chi connectivity index (χ2v) is 4.18. The largest absolute Gasteiger partial charge is 0.395 e. The standard InChI is InChI=1S/C10H17BrN4O/c1-3-4-15(5-6-16)9-8(11)7-13-10(12-2)14-9/h7,16H,3-6H2,1-2H3,(H,12,13,14). The molecular formula is C10H17BrN4O. The van der Waals surface area contributed by atoms with Crippen molar-refractivity contribution in [2.24, 2.45) is 0 Å². The summed E-state index contributed by atoms with van der Waals surface area (Å²) in [6, 6.07) is 0. The first-order valence-corrected chi connectivity index (χ1v) is 6.08. The Hall–Kier alpha value is -0.880. The molecule has 1 heterocycles. The van der Waals surface area contributed by atoms with Crippen LogP contribution in [0.5, 0.6) is 0 Å². The lowest BCUT2D eigenvalue weighted by molar-refractivity contribution is 0.301. The highest BCUT2D eigenvalue weighted by molar-refractivity contribution is 9.10. The molecule has 1 aromatic rings. The van der Waals surface area contributed by atoms with Crippen molar-refractivity contribution < 1.29 is 5.11 Å². The molecule has 2 N–H and O–H groups in total. The molecule has 0 unspecified atom stereocenters. The molecule has 1 rings (SSSR count). The van der Waals surface area contributed by atoms with Crippen molar-refractivity contribution in [3.63, 3.8) is 0 Å². The maximum absolute atomic E-state index is 9.03. The quantitative estimate of drug-likeness (QED) is 0.831. The molecule has 6 heteroatoms. The number of hydrogen-bond donors (Lipinski definition) is 2. The van der Waals surface area contributed by atoms with Crippen molar-refractivity contribution in [3.05, 3.63) is 10.7 Å². The molecule has 90 valence electrons. The molecule has 0 bridgehead atoms. The zero-order valence-corrected chi connectivity index (χ0v) is 11.2. The van der Waals surface area contributed by atoms with Gasteiger partial charge >= 0.3 is 0 Å². The fraction of sp³-hybridized carbons (Fsp3) is 0.600. The lowest BCUT2D eigenvalue weighted by Crippen LogP contribution is -2.29. The van der Waals surface area contributed by atoms with Crippen LogP contribution in [0.2, 0.25) is 0 Å². The van der Waals surface area contributed by atoms with Gasteiger partial charge in [-0.25, -0.2) is 4.98 Å². The van der Waals surface area contributed by atoms with E-state index >= 15 is 0 Å². The first-order valence-electron chi connectivity index (χ1n) is 5.29. The Bertz CT molecular complexity index is 329. The van der Waals surface area contributed by atoms with Gasteiger partial charge in [0.05, 0.1) is 11.1 Å². The summed E-state index contributed by atoms with van der Waals surface area (Å²) >= 11 is 3.42. The minimum Gasteiger partial charge on any atom is -0.395 e. The summed E-state index contributed by atoms with van der Waals surface area (Å²) in [7, 11) is 1.78. The van der Waals surface area contributed by atoms with Crippen LogP contribution in [-0.2, 0) is 0 Å². The minimum absolute atomic E-state index is 0.116. The number of anilines is 2. The summed E-state index contributed by atoms with van der Waals surface area (Å²) in [6.07, 6.45) is 2.72. The lowest BCUT2D eigenvalue weighted by Gasteiger charge is -2.23. The van der Waals surface area contributed by atoms with Gasteiger partial charge in [-0.15, -0.1) is 0 Å². The SMILES string of the molecule is CCCN(CCO)c1nc(NC)ncc1Br. The van der Waals surface area contributed by atoms with Crippen LogP contribution >= 0.6 is 15.9 Å². The highest BCUT2D eigenvalue weighted by Crippen LogP contribution is 2.24. The normalized spacial score (nSPS) is 10.2. The molecule has 5 nitrogen and oxygen atoms in total. The summed E-state index contributed by atoms with van der Waals surface area (Å²) in [6.45, 7) is 3.65. The second kappa shape index (κ2) is 6.65. The number of aliphatic hydroxyl groups is 1. The van der Waals surface area contributed by atoms with E-state index in [1.54, 1.807) is 13.2 Å². The van der Waals surface area contributed by atoms with Gasteiger partial charge in [-0.05, 0) is 22.4 Å². The van der Waals surface area contributed by atoms with Crippen LogP contribution < -0.4 is 10.2 Å². The van der Waals surface area contributed by atoms with Crippen LogP contribution in [0.15, 0.2) is 10.7 Å². The van der Waals surface area contributed by atoms with Crippen molar-refractivity contribution in [2.75, 3.05) is 37.0 Å².